The summed E-state index contributed by atoms with van der Waals surface area (Å²) in [5.74, 6) is -0.251. The van der Waals surface area contributed by atoms with Crippen molar-refractivity contribution in [3.63, 3.8) is 0 Å². The van der Waals surface area contributed by atoms with Crippen molar-refractivity contribution in [3.8, 4) is 0 Å². The van der Waals surface area contributed by atoms with Crippen molar-refractivity contribution < 1.29 is 9.59 Å². The lowest BCUT2D eigenvalue weighted by Gasteiger charge is -2.18. The van der Waals surface area contributed by atoms with E-state index in [-0.39, 0.29) is 12.5 Å². The van der Waals surface area contributed by atoms with E-state index in [4.69, 9.17) is 11.6 Å². The molecule has 0 aliphatic rings. The second-order valence-corrected chi connectivity index (χ2v) is 5.77. The zero-order valence-electron chi connectivity index (χ0n) is 11.2. The third kappa shape index (κ3) is 3.68. The third-order valence-electron chi connectivity index (χ3n) is 2.94. The first kappa shape index (κ1) is 15.7. The summed E-state index contributed by atoms with van der Waals surface area (Å²) in [6, 6.07) is 8.40. The molecule has 1 heterocycles. The molecule has 108 valence electrons. The molecule has 4 nitrogen and oxygen atoms in total. The van der Waals surface area contributed by atoms with E-state index >= 15 is 0 Å². The number of benzene rings is 1. The van der Waals surface area contributed by atoms with E-state index in [2.05, 4.69) is 20.9 Å². The average Bonchev–Trinajstić information content (AvgIpc) is 2.49. The van der Waals surface area contributed by atoms with Crippen molar-refractivity contribution in [2.75, 3.05) is 7.05 Å². The second kappa shape index (κ2) is 6.83. The van der Waals surface area contributed by atoms with Crippen molar-refractivity contribution in [3.05, 3.63) is 62.8 Å². The van der Waals surface area contributed by atoms with Crippen molar-refractivity contribution in [1.82, 2.24) is 9.88 Å². The molecule has 1 aromatic carbocycles. The maximum Gasteiger partial charge on any atom is 0.254 e. The molecule has 0 fully saturated rings. The smallest absolute Gasteiger partial charge is 0.254 e. The molecule has 0 spiro atoms. The first-order chi connectivity index (χ1) is 10.0. The maximum absolute atomic E-state index is 12.4. The van der Waals surface area contributed by atoms with Gasteiger partial charge in [0, 0.05) is 23.3 Å². The number of pyridine rings is 1. The van der Waals surface area contributed by atoms with E-state index in [1.165, 1.54) is 4.90 Å². The molecular formula is C15H12BrClN2O2. The van der Waals surface area contributed by atoms with Crippen LogP contribution in [0.15, 0.2) is 41.0 Å². The Morgan fingerprint density at radius 2 is 2.14 bits per heavy atom. The molecule has 0 saturated heterocycles. The van der Waals surface area contributed by atoms with Gasteiger partial charge in [-0.25, -0.2) is 0 Å². The van der Waals surface area contributed by atoms with Gasteiger partial charge < -0.3 is 4.90 Å². The van der Waals surface area contributed by atoms with E-state index in [1.807, 2.05) is 0 Å². The van der Waals surface area contributed by atoms with Crippen LogP contribution >= 0.6 is 27.5 Å². The molecular weight excluding hydrogens is 356 g/mol. The van der Waals surface area contributed by atoms with Gasteiger partial charge in [-0.15, -0.1) is 0 Å². The van der Waals surface area contributed by atoms with Crippen LogP contribution in [0.3, 0.4) is 0 Å². The number of hydrogen-bond donors (Lipinski definition) is 0. The van der Waals surface area contributed by atoms with Crippen molar-refractivity contribution in [2.24, 2.45) is 0 Å². The number of aromatic nitrogens is 1. The fourth-order valence-electron chi connectivity index (χ4n) is 1.86. The van der Waals surface area contributed by atoms with Gasteiger partial charge >= 0.3 is 0 Å². The number of carbonyl (C=O) groups excluding carboxylic acids is 2. The second-order valence-electron chi connectivity index (χ2n) is 4.45. The highest BCUT2D eigenvalue weighted by Crippen LogP contribution is 2.20. The molecule has 2 rings (SSSR count). The highest BCUT2D eigenvalue weighted by atomic mass is 79.9. The summed E-state index contributed by atoms with van der Waals surface area (Å²) in [5.41, 5.74) is 1.33. The third-order valence-corrected chi connectivity index (χ3v) is 3.70. The summed E-state index contributed by atoms with van der Waals surface area (Å²) < 4.78 is 0.775. The predicted octanol–water partition coefficient (Wildman–Crippen LogP) is 3.58. The summed E-state index contributed by atoms with van der Waals surface area (Å²) in [7, 11) is 1.64. The van der Waals surface area contributed by atoms with Crippen LogP contribution in [0.25, 0.3) is 0 Å². The first-order valence-electron chi connectivity index (χ1n) is 6.12. The summed E-state index contributed by atoms with van der Waals surface area (Å²) in [4.78, 5) is 29.1. The number of carbonyl (C=O) groups is 2. The fourth-order valence-corrected chi connectivity index (χ4v) is 2.55. The Kier molecular flexibility index (Phi) is 5.09. The van der Waals surface area contributed by atoms with Gasteiger partial charge in [-0.1, -0.05) is 29.8 Å². The molecule has 2 aromatic rings. The van der Waals surface area contributed by atoms with Gasteiger partial charge in [0.25, 0.3) is 5.91 Å². The summed E-state index contributed by atoms with van der Waals surface area (Å²) >= 11 is 9.38. The highest BCUT2D eigenvalue weighted by molar-refractivity contribution is 9.10. The van der Waals surface area contributed by atoms with Gasteiger partial charge in [0.15, 0.2) is 6.29 Å². The monoisotopic (exact) mass is 366 g/mol. The topological polar surface area (TPSA) is 50.3 Å². The molecule has 0 atom stereocenters. The minimum atomic E-state index is -0.251. The lowest BCUT2D eigenvalue weighted by atomic mass is 10.1. The Hall–Kier alpha value is -1.72. The standard InChI is InChI=1S/C15H12BrClN2O2/c1-19(8-14-13(17)6-11(16)7-18-14)15(21)12-5-3-2-4-10(12)9-20/h2-7,9H,8H2,1H3. The molecule has 0 unspecified atom stereocenters. The lowest BCUT2D eigenvalue weighted by molar-refractivity contribution is 0.0780. The number of amides is 1. The normalized spacial score (nSPS) is 10.2. The van der Waals surface area contributed by atoms with E-state index in [1.54, 1.807) is 43.6 Å². The Balaban J connectivity index is 2.21. The number of nitrogens with zero attached hydrogens (tertiary/aromatic N) is 2. The van der Waals surface area contributed by atoms with E-state index in [0.717, 1.165) is 4.47 Å². The number of hydrogen-bond acceptors (Lipinski definition) is 3. The highest BCUT2D eigenvalue weighted by Gasteiger charge is 2.17. The zero-order valence-corrected chi connectivity index (χ0v) is 13.6. The van der Waals surface area contributed by atoms with Crippen molar-refractivity contribution in [1.29, 1.82) is 0 Å². The van der Waals surface area contributed by atoms with Crippen LogP contribution in [0.4, 0.5) is 0 Å². The molecule has 0 radical (unpaired) electrons. The Bertz CT molecular complexity index is 691. The quantitative estimate of drug-likeness (QED) is 0.776. The summed E-state index contributed by atoms with van der Waals surface area (Å²) in [6.07, 6.45) is 2.30. The van der Waals surface area contributed by atoms with E-state index in [9.17, 15) is 9.59 Å². The van der Waals surface area contributed by atoms with Crippen LogP contribution in [-0.2, 0) is 6.54 Å². The summed E-state index contributed by atoms with van der Waals surface area (Å²) in [5, 5.41) is 0.479. The van der Waals surface area contributed by atoms with Gasteiger partial charge in [0.2, 0.25) is 0 Å². The lowest BCUT2D eigenvalue weighted by Crippen LogP contribution is -2.27. The minimum absolute atomic E-state index is 0.251. The van der Waals surface area contributed by atoms with Crippen LogP contribution in [0.2, 0.25) is 5.02 Å². The molecule has 1 aromatic heterocycles. The van der Waals surface area contributed by atoms with Gasteiger partial charge in [0.05, 0.1) is 22.8 Å². The molecule has 1 amide bonds. The molecule has 0 aliphatic heterocycles. The van der Waals surface area contributed by atoms with Gasteiger partial charge in [-0.05, 0) is 28.1 Å². The Labute approximate surface area is 135 Å². The van der Waals surface area contributed by atoms with Gasteiger partial charge in [-0.3, -0.25) is 14.6 Å². The van der Waals surface area contributed by atoms with Crippen LogP contribution in [0.5, 0.6) is 0 Å². The molecule has 0 aliphatic carbocycles. The number of halogens is 2. The van der Waals surface area contributed by atoms with E-state index in [0.29, 0.717) is 28.1 Å². The van der Waals surface area contributed by atoms with Crippen LogP contribution < -0.4 is 0 Å². The Morgan fingerprint density at radius 3 is 2.81 bits per heavy atom. The zero-order chi connectivity index (χ0) is 15.4. The van der Waals surface area contributed by atoms with Crippen LogP contribution in [-0.4, -0.2) is 29.1 Å². The Morgan fingerprint density at radius 1 is 1.43 bits per heavy atom. The minimum Gasteiger partial charge on any atom is -0.336 e. The van der Waals surface area contributed by atoms with Gasteiger partial charge in [0.1, 0.15) is 0 Å². The maximum atomic E-state index is 12.4. The molecule has 0 N–H and O–H groups in total. The van der Waals surface area contributed by atoms with Crippen LogP contribution in [0, 0.1) is 0 Å². The average molecular weight is 368 g/mol. The van der Waals surface area contributed by atoms with Crippen molar-refractivity contribution in [2.45, 2.75) is 6.54 Å². The predicted molar refractivity (Wildman–Crippen MR) is 84.6 cm³/mol. The first-order valence-corrected chi connectivity index (χ1v) is 7.29. The summed E-state index contributed by atoms with van der Waals surface area (Å²) in [6.45, 7) is 0.262. The molecule has 0 bridgehead atoms. The molecule has 21 heavy (non-hydrogen) atoms. The molecule has 0 saturated carbocycles. The van der Waals surface area contributed by atoms with Crippen molar-refractivity contribution >= 4 is 39.7 Å². The fraction of sp³-hybridized carbons (Fsp3) is 0.133. The van der Waals surface area contributed by atoms with Gasteiger partial charge in [-0.2, -0.15) is 0 Å². The largest absolute Gasteiger partial charge is 0.336 e. The number of aldehydes is 1. The van der Waals surface area contributed by atoms with Crippen LogP contribution in [0.1, 0.15) is 26.4 Å². The van der Waals surface area contributed by atoms with E-state index < -0.39 is 0 Å². The molecule has 6 heteroatoms. The SMILES string of the molecule is CN(Cc1ncc(Br)cc1Cl)C(=O)c1ccccc1C=O. The number of rotatable bonds is 4.